The molecule has 1 atom stereocenters. The van der Waals surface area contributed by atoms with E-state index in [9.17, 15) is 4.79 Å². The highest BCUT2D eigenvalue weighted by molar-refractivity contribution is 5.68. The van der Waals surface area contributed by atoms with Crippen LogP contribution < -0.4 is 0 Å². The van der Waals surface area contributed by atoms with Crippen molar-refractivity contribution in [2.75, 3.05) is 0 Å². The Bertz CT molecular complexity index is 338. The maximum atomic E-state index is 10.5. The van der Waals surface area contributed by atoms with Gasteiger partial charge in [0.25, 0.3) is 0 Å². The first kappa shape index (κ1) is 8.16. The van der Waals surface area contributed by atoms with Gasteiger partial charge in [0.05, 0.1) is 12.1 Å². The molecule has 1 aromatic heterocycles. The van der Waals surface area contributed by atoms with Crippen LogP contribution in [0.5, 0.6) is 0 Å². The van der Waals surface area contributed by atoms with Crippen molar-refractivity contribution in [3.63, 3.8) is 0 Å². The number of hydrogen-bond acceptors (Lipinski definition) is 3. The predicted octanol–water partition coefficient (Wildman–Crippen LogP) is 0.981. The Morgan fingerprint density at radius 2 is 2.54 bits per heavy atom. The fourth-order valence-electron chi connectivity index (χ4n) is 1.80. The Morgan fingerprint density at radius 3 is 3.31 bits per heavy atom. The molecule has 1 aliphatic carbocycles. The molecule has 0 saturated carbocycles. The van der Waals surface area contributed by atoms with E-state index in [4.69, 9.17) is 5.11 Å². The molecule has 0 radical (unpaired) electrons. The maximum absolute atomic E-state index is 10.5. The Kier molecular flexibility index (Phi) is 1.96. The van der Waals surface area contributed by atoms with E-state index in [0.717, 1.165) is 24.1 Å². The highest BCUT2D eigenvalue weighted by Gasteiger charge is 2.25. The first-order chi connectivity index (χ1) is 6.27. The maximum Gasteiger partial charge on any atom is 0.304 e. The van der Waals surface area contributed by atoms with Crippen LogP contribution in [-0.4, -0.2) is 21.0 Å². The lowest BCUT2D eigenvalue weighted by Gasteiger charge is -2.05. The van der Waals surface area contributed by atoms with Gasteiger partial charge in [-0.3, -0.25) is 4.79 Å². The Balaban J connectivity index is 2.23. The highest BCUT2D eigenvalue weighted by atomic mass is 16.4. The molecule has 0 amide bonds. The first-order valence-corrected chi connectivity index (χ1v) is 4.28. The Labute approximate surface area is 75.6 Å². The van der Waals surface area contributed by atoms with Crippen LogP contribution in [0.2, 0.25) is 0 Å². The second-order valence-electron chi connectivity index (χ2n) is 3.27. The SMILES string of the molecule is O=C(O)CC1CCc2cncnc21. The second kappa shape index (κ2) is 3.12. The molecule has 1 N–H and O–H groups in total. The average Bonchev–Trinajstić information content (AvgIpc) is 2.48. The van der Waals surface area contributed by atoms with Crippen molar-refractivity contribution >= 4 is 5.97 Å². The topological polar surface area (TPSA) is 63.1 Å². The molecule has 0 fully saturated rings. The number of carboxylic acids is 1. The van der Waals surface area contributed by atoms with E-state index in [1.807, 2.05) is 0 Å². The van der Waals surface area contributed by atoms with Crippen molar-refractivity contribution in [3.05, 3.63) is 23.8 Å². The zero-order chi connectivity index (χ0) is 9.26. The van der Waals surface area contributed by atoms with Crippen LogP contribution in [0, 0.1) is 0 Å². The lowest BCUT2D eigenvalue weighted by atomic mass is 10.0. The van der Waals surface area contributed by atoms with Crippen LogP contribution in [0.15, 0.2) is 12.5 Å². The van der Waals surface area contributed by atoms with Gasteiger partial charge in [0.15, 0.2) is 0 Å². The third kappa shape index (κ3) is 1.52. The predicted molar refractivity (Wildman–Crippen MR) is 45.3 cm³/mol. The van der Waals surface area contributed by atoms with Crippen molar-refractivity contribution in [2.45, 2.75) is 25.2 Å². The summed E-state index contributed by atoms with van der Waals surface area (Å²) in [5.74, 6) is -0.660. The number of nitrogens with zero attached hydrogens (tertiary/aromatic N) is 2. The highest BCUT2D eigenvalue weighted by Crippen LogP contribution is 2.32. The smallest absolute Gasteiger partial charge is 0.304 e. The number of carbonyl (C=O) groups is 1. The van der Waals surface area contributed by atoms with Crippen LogP contribution in [-0.2, 0) is 11.2 Å². The summed E-state index contributed by atoms with van der Waals surface area (Å²) in [5.41, 5.74) is 2.03. The molecular formula is C9H10N2O2. The van der Waals surface area contributed by atoms with Crippen molar-refractivity contribution in [1.82, 2.24) is 9.97 Å². The number of fused-ring (bicyclic) bond motifs is 1. The van der Waals surface area contributed by atoms with Gasteiger partial charge in [-0.15, -0.1) is 0 Å². The van der Waals surface area contributed by atoms with Gasteiger partial charge < -0.3 is 5.11 Å². The van der Waals surface area contributed by atoms with Crippen LogP contribution in [0.25, 0.3) is 0 Å². The summed E-state index contributed by atoms with van der Waals surface area (Å²) in [6, 6.07) is 0. The minimum atomic E-state index is -0.753. The van der Waals surface area contributed by atoms with Gasteiger partial charge >= 0.3 is 5.97 Å². The summed E-state index contributed by atoms with van der Waals surface area (Å²) in [4.78, 5) is 18.6. The molecule has 4 nitrogen and oxygen atoms in total. The van der Waals surface area contributed by atoms with Gasteiger partial charge in [0, 0.05) is 12.1 Å². The standard InChI is InChI=1S/C9H10N2O2/c12-8(13)3-6-1-2-7-4-10-5-11-9(6)7/h4-6H,1-3H2,(H,12,13). The molecule has 2 rings (SSSR count). The van der Waals surface area contributed by atoms with Gasteiger partial charge in [0.1, 0.15) is 6.33 Å². The minimum Gasteiger partial charge on any atom is -0.481 e. The van der Waals surface area contributed by atoms with E-state index in [-0.39, 0.29) is 12.3 Å². The number of aliphatic carboxylic acids is 1. The molecule has 0 bridgehead atoms. The lowest BCUT2D eigenvalue weighted by molar-refractivity contribution is -0.137. The normalized spacial score (nSPS) is 19.8. The largest absolute Gasteiger partial charge is 0.481 e. The van der Waals surface area contributed by atoms with Crippen molar-refractivity contribution in [2.24, 2.45) is 0 Å². The third-order valence-electron chi connectivity index (χ3n) is 2.39. The molecule has 0 aliphatic heterocycles. The van der Waals surface area contributed by atoms with E-state index in [0.29, 0.717) is 0 Å². The third-order valence-corrected chi connectivity index (χ3v) is 2.39. The molecule has 4 heteroatoms. The van der Waals surface area contributed by atoms with Crippen molar-refractivity contribution < 1.29 is 9.90 Å². The van der Waals surface area contributed by atoms with E-state index >= 15 is 0 Å². The van der Waals surface area contributed by atoms with Gasteiger partial charge in [-0.25, -0.2) is 9.97 Å². The van der Waals surface area contributed by atoms with E-state index in [1.165, 1.54) is 6.33 Å². The summed E-state index contributed by atoms with van der Waals surface area (Å²) < 4.78 is 0. The van der Waals surface area contributed by atoms with Crippen molar-refractivity contribution in [1.29, 1.82) is 0 Å². The van der Waals surface area contributed by atoms with Crippen molar-refractivity contribution in [3.8, 4) is 0 Å². The quantitative estimate of drug-likeness (QED) is 0.733. The van der Waals surface area contributed by atoms with Gasteiger partial charge in [-0.05, 0) is 18.4 Å². The number of aryl methyl sites for hydroxylation is 1. The summed E-state index contributed by atoms with van der Waals surface area (Å²) in [7, 11) is 0. The Morgan fingerprint density at radius 1 is 1.69 bits per heavy atom. The molecule has 1 aliphatic rings. The van der Waals surface area contributed by atoms with Gasteiger partial charge in [0.2, 0.25) is 0 Å². The fourth-order valence-corrected chi connectivity index (χ4v) is 1.80. The van der Waals surface area contributed by atoms with Crippen LogP contribution in [0.1, 0.15) is 30.0 Å². The molecular weight excluding hydrogens is 168 g/mol. The summed E-state index contributed by atoms with van der Waals surface area (Å²) >= 11 is 0. The molecule has 13 heavy (non-hydrogen) atoms. The minimum absolute atomic E-state index is 0.0931. The molecule has 68 valence electrons. The molecule has 0 aromatic carbocycles. The molecule has 1 heterocycles. The average molecular weight is 178 g/mol. The zero-order valence-corrected chi connectivity index (χ0v) is 7.10. The van der Waals surface area contributed by atoms with E-state index < -0.39 is 5.97 Å². The van der Waals surface area contributed by atoms with Gasteiger partial charge in [-0.2, -0.15) is 0 Å². The number of carboxylic acid groups (broad SMARTS) is 1. The molecule has 1 aromatic rings. The number of hydrogen-bond donors (Lipinski definition) is 1. The van der Waals surface area contributed by atoms with Crippen LogP contribution in [0.3, 0.4) is 0 Å². The molecule has 0 saturated heterocycles. The summed E-state index contributed by atoms with van der Waals surface area (Å²) in [5, 5.41) is 8.66. The number of rotatable bonds is 2. The lowest BCUT2D eigenvalue weighted by Crippen LogP contribution is -2.04. The first-order valence-electron chi connectivity index (χ1n) is 4.28. The second-order valence-corrected chi connectivity index (χ2v) is 3.27. The number of aromatic nitrogens is 2. The monoisotopic (exact) mass is 178 g/mol. The van der Waals surface area contributed by atoms with Crippen LogP contribution in [0.4, 0.5) is 0 Å². The fraction of sp³-hybridized carbons (Fsp3) is 0.444. The zero-order valence-electron chi connectivity index (χ0n) is 7.10. The van der Waals surface area contributed by atoms with E-state index in [2.05, 4.69) is 9.97 Å². The summed E-state index contributed by atoms with van der Waals surface area (Å²) in [6.45, 7) is 0. The van der Waals surface area contributed by atoms with E-state index in [1.54, 1.807) is 6.20 Å². The molecule has 0 spiro atoms. The van der Waals surface area contributed by atoms with Crippen LogP contribution >= 0.6 is 0 Å². The Hall–Kier alpha value is -1.45. The molecule has 1 unspecified atom stereocenters. The summed E-state index contributed by atoms with van der Waals surface area (Å²) in [6.07, 6.45) is 5.25. The van der Waals surface area contributed by atoms with Gasteiger partial charge in [-0.1, -0.05) is 0 Å².